The van der Waals surface area contributed by atoms with E-state index in [1.165, 1.54) is 27.8 Å². The fraction of sp³-hybridized carbons (Fsp3) is 0.0886. The molecule has 0 aliphatic heterocycles. The van der Waals surface area contributed by atoms with Gasteiger partial charge in [-0.1, -0.05) is 78.4 Å². The topological polar surface area (TPSA) is 59.1 Å². The van der Waals surface area contributed by atoms with Gasteiger partial charge in [0.05, 0.1) is 35.5 Å². The third-order valence-electron chi connectivity index (χ3n) is 16.5. The monoisotopic (exact) mass is 1150 g/mol. The Bertz CT molecular complexity index is 4280. The largest absolute Gasteiger partial charge is 0.497 e. The highest BCUT2D eigenvalue weighted by atomic mass is 16.5. The van der Waals surface area contributed by atoms with Crippen LogP contribution in [0.2, 0.25) is 0 Å². The van der Waals surface area contributed by atoms with Crippen molar-refractivity contribution < 1.29 is 23.7 Å². The molecule has 0 atom stereocenters. The average molecular weight is 1150 g/mol. The SMILES string of the molecule is COc1ccc(N(c2ccc(C)cc2)c2ccc(-c3ccc(N(c4ccc(OC)cc4)c4ccc5c(c4)Cc4cc(N(c6ccc(OC)cc6)c6ccc(-c7ccc(N(c8ccc(OC)cc8)c8ccc(OC)cc8)cc7)cc6)ccc4-5)cc3)cc2)cc1. The predicted molar refractivity (Wildman–Crippen MR) is 362 cm³/mol. The number of hydrogen-bond acceptors (Lipinski definition) is 9. The molecule has 1 aliphatic rings. The summed E-state index contributed by atoms with van der Waals surface area (Å²) in [6.07, 6.45) is 0.789. The standard InChI is InChI=1S/C79H66N4O5/c1-54-7-17-61(18-8-54)80(66-27-39-73(84-2)40-28-66)62-19-9-55(10-20-62)57-13-23-64(24-14-57)82(69-33-45-76(87-5)46-34-69)71-37-49-78-59(52-71)51-60-53-72(38-50-79(60)78)83(70-35-47-77(88-6)48-36-70)65-25-15-58(16-26-65)56-11-21-63(22-12-56)81(67-29-41-74(85-3)42-30-67)68-31-43-75(86-4)44-32-68/h7-50,52-53H,51H2,1-6H3. The van der Waals surface area contributed by atoms with E-state index >= 15 is 0 Å². The van der Waals surface area contributed by atoms with Crippen molar-refractivity contribution in [3.05, 3.63) is 296 Å². The van der Waals surface area contributed by atoms with Crippen LogP contribution >= 0.6 is 0 Å². The Morgan fingerprint density at radius 1 is 0.216 bits per heavy atom. The van der Waals surface area contributed by atoms with Crippen molar-refractivity contribution in [2.75, 3.05) is 55.1 Å². The molecule has 9 nitrogen and oxygen atoms in total. The minimum Gasteiger partial charge on any atom is -0.497 e. The van der Waals surface area contributed by atoms with Gasteiger partial charge in [-0.05, 0) is 264 Å². The van der Waals surface area contributed by atoms with Crippen LogP contribution in [0.15, 0.2) is 279 Å². The first kappa shape index (κ1) is 56.0. The van der Waals surface area contributed by atoms with Gasteiger partial charge >= 0.3 is 0 Å². The van der Waals surface area contributed by atoms with E-state index in [1.807, 2.05) is 60.7 Å². The van der Waals surface area contributed by atoms with Crippen LogP contribution in [0, 0.1) is 6.92 Å². The first-order valence-corrected chi connectivity index (χ1v) is 29.4. The lowest BCUT2D eigenvalue weighted by molar-refractivity contribution is 0.414. The smallest absolute Gasteiger partial charge is 0.119 e. The molecule has 88 heavy (non-hydrogen) atoms. The van der Waals surface area contributed by atoms with E-state index in [0.717, 1.165) is 126 Å². The number of anilines is 12. The van der Waals surface area contributed by atoms with Crippen molar-refractivity contribution in [3.8, 4) is 62.1 Å². The van der Waals surface area contributed by atoms with Gasteiger partial charge in [-0.2, -0.15) is 0 Å². The van der Waals surface area contributed by atoms with Gasteiger partial charge in [0.25, 0.3) is 0 Å². The molecule has 9 heteroatoms. The number of ether oxygens (including phenoxy) is 5. The Morgan fingerprint density at radius 3 is 0.614 bits per heavy atom. The van der Waals surface area contributed by atoms with E-state index in [-0.39, 0.29) is 0 Å². The molecule has 0 unspecified atom stereocenters. The molecular formula is C79H66N4O5. The van der Waals surface area contributed by atoms with Gasteiger partial charge < -0.3 is 43.3 Å². The van der Waals surface area contributed by atoms with Gasteiger partial charge in [-0.25, -0.2) is 0 Å². The van der Waals surface area contributed by atoms with Crippen LogP contribution in [0.1, 0.15) is 16.7 Å². The Balaban J connectivity index is 0.773. The number of benzene rings is 12. The van der Waals surface area contributed by atoms with E-state index in [4.69, 9.17) is 23.7 Å². The number of aryl methyl sites for hydroxylation is 1. The van der Waals surface area contributed by atoms with E-state index in [1.54, 1.807) is 35.5 Å². The highest BCUT2D eigenvalue weighted by Crippen LogP contribution is 2.47. The average Bonchev–Trinajstić information content (AvgIpc) is 2.25. The minimum absolute atomic E-state index is 0.789. The third kappa shape index (κ3) is 11.4. The fourth-order valence-electron chi connectivity index (χ4n) is 11.8. The number of fused-ring (bicyclic) bond motifs is 3. The molecule has 0 radical (unpaired) electrons. The van der Waals surface area contributed by atoms with E-state index in [2.05, 4.69) is 245 Å². The lowest BCUT2D eigenvalue weighted by atomic mass is 10.0. The van der Waals surface area contributed by atoms with Gasteiger partial charge in [0.2, 0.25) is 0 Å². The molecule has 0 N–H and O–H groups in total. The molecule has 0 spiro atoms. The molecule has 0 fully saturated rings. The highest BCUT2D eigenvalue weighted by molar-refractivity contribution is 5.88. The molecule has 0 saturated heterocycles. The highest BCUT2D eigenvalue weighted by Gasteiger charge is 2.25. The van der Waals surface area contributed by atoms with Crippen molar-refractivity contribution in [2.45, 2.75) is 13.3 Å². The second-order valence-electron chi connectivity index (χ2n) is 21.7. The molecule has 0 heterocycles. The normalized spacial score (nSPS) is 11.2. The maximum atomic E-state index is 5.63. The Morgan fingerprint density at radius 2 is 0.398 bits per heavy atom. The Labute approximate surface area is 515 Å². The second kappa shape index (κ2) is 24.8. The van der Waals surface area contributed by atoms with Gasteiger partial charge in [0.15, 0.2) is 0 Å². The van der Waals surface area contributed by atoms with E-state index in [9.17, 15) is 0 Å². The summed E-state index contributed by atoms with van der Waals surface area (Å²) in [5, 5.41) is 0. The molecule has 0 bridgehead atoms. The zero-order chi connectivity index (χ0) is 60.1. The summed E-state index contributed by atoms with van der Waals surface area (Å²) >= 11 is 0. The van der Waals surface area contributed by atoms with Gasteiger partial charge in [0, 0.05) is 68.2 Å². The molecule has 0 amide bonds. The molecule has 12 aromatic carbocycles. The molecule has 0 aromatic heterocycles. The quantitative estimate of drug-likeness (QED) is 0.0788. The molecule has 0 saturated carbocycles. The van der Waals surface area contributed by atoms with Crippen molar-refractivity contribution in [1.29, 1.82) is 0 Å². The van der Waals surface area contributed by atoms with Crippen LogP contribution in [-0.4, -0.2) is 35.5 Å². The Hall–Kier alpha value is -11.2. The van der Waals surface area contributed by atoms with Crippen molar-refractivity contribution >= 4 is 68.2 Å². The van der Waals surface area contributed by atoms with Crippen molar-refractivity contribution in [1.82, 2.24) is 0 Å². The summed E-state index contributed by atoms with van der Waals surface area (Å²) in [6, 6.07) is 98.7. The van der Waals surface area contributed by atoms with Crippen LogP contribution in [-0.2, 0) is 6.42 Å². The maximum absolute atomic E-state index is 5.63. The lowest BCUT2D eigenvalue weighted by Crippen LogP contribution is -2.10. The van der Waals surface area contributed by atoms with Gasteiger partial charge in [-0.15, -0.1) is 0 Å². The number of methoxy groups -OCH3 is 5. The van der Waals surface area contributed by atoms with E-state index in [0.29, 0.717) is 0 Å². The van der Waals surface area contributed by atoms with Crippen LogP contribution in [0.25, 0.3) is 33.4 Å². The number of rotatable bonds is 19. The van der Waals surface area contributed by atoms with E-state index < -0.39 is 0 Å². The first-order chi connectivity index (χ1) is 43.2. The molecule has 12 aromatic rings. The lowest BCUT2D eigenvalue weighted by Gasteiger charge is -2.27. The number of hydrogen-bond donors (Lipinski definition) is 0. The first-order valence-electron chi connectivity index (χ1n) is 29.4. The fourth-order valence-corrected chi connectivity index (χ4v) is 11.8. The van der Waals surface area contributed by atoms with Crippen LogP contribution < -0.4 is 43.3 Å². The molecular weight excluding hydrogens is 1080 g/mol. The Kier molecular flexibility index (Phi) is 15.8. The van der Waals surface area contributed by atoms with Gasteiger partial charge in [-0.3, -0.25) is 0 Å². The molecule has 1 aliphatic carbocycles. The van der Waals surface area contributed by atoms with Crippen LogP contribution in [0.3, 0.4) is 0 Å². The maximum Gasteiger partial charge on any atom is 0.119 e. The van der Waals surface area contributed by atoms with Crippen LogP contribution in [0.4, 0.5) is 68.2 Å². The summed E-state index contributed by atoms with van der Waals surface area (Å²) in [5.41, 5.74) is 23.3. The summed E-state index contributed by atoms with van der Waals surface area (Å²) in [4.78, 5) is 9.17. The summed E-state index contributed by atoms with van der Waals surface area (Å²) in [7, 11) is 8.48. The number of nitrogens with zero attached hydrogens (tertiary/aromatic N) is 4. The second-order valence-corrected chi connectivity index (χ2v) is 21.7. The van der Waals surface area contributed by atoms with Crippen molar-refractivity contribution in [3.63, 3.8) is 0 Å². The summed E-state index contributed by atoms with van der Waals surface area (Å²) in [6.45, 7) is 2.11. The zero-order valence-electron chi connectivity index (χ0n) is 50.1. The molecule has 13 rings (SSSR count). The minimum atomic E-state index is 0.789. The van der Waals surface area contributed by atoms with Crippen molar-refractivity contribution in [2.24, 2.45) is 0 Å². The van der Waals surface area contributed by atoms with Crippen LogP contribution in [0.5, 0.6) is 28.7 Å². The zero-order valence-corrected chi connectivity index (χ0v) is 50.1. The van der Waals surface area contributed by atoms with Gasteiger partial charge in [0.1, 0.15) is 28.7 Å². The third-order valence-corrected chi connectivity index (χ3v) is 16.5. The predicted octanol–water partition coefficient (Wildman–Crippen LogP) is 20.8. The summed E-state index contributed by atoms with van der Waals surface area (Å²) < 4.78 is 27.7. The molecule has 432 valence electrons. The summed E-state index contributed by atoms with van der Waals surface area (Å²) in [5.74, 6) is 4.04.